The molecule has 0 atom stereocenters. The van der Waals surface area contributed by atoms with E-state index in [0.29, 0.717) is 16.9 Å². The van der Waals surface area contributed by atoms with Crippen LogP contribution in [0, 0.1) is 0 Å². The summed E-state index contributed by atoms with van der Waals surface area (Å²) in [7, 11) is 1.69. The van der Waals surface area contributed by atoms with E-state index in [1.807, 2.05) is 0 Å². The van der Waals surface area contributed by atoms with Crippen molar-refractivity contribution in [3.8, 4) is 11.3 Å². The Kier molecular flexibility index (Phi) is 2.12. The van der Waals surface area contributed by atoms with Crippen LogP contribution in [0.4, 0.5) is 0 Å². The number of hydrogen-bond donors (Lipinski definition) is 1. The van der Waals surface area contributed by atoms with Crippen LogP contribution in [0.2, 0.25) is 0 Å². The summed E-state index contributed by atoms with van der Waals surface area (Å²) in [4.78, 5) is 15.3. The monoisotopic (exact) mass is 243 g/mol. The van der Waals surface area contributed by atoms with Crippen LogP contribution in [-0.4, -0.2) is 35.5 Å². The van der Waals surface area contributed by atoms with Crippen molar-refractivity contribution in [1.82, 2.24) is 24.4 Å². The molecule has 7 nitrogen and oxygen atoms in total. The zero-order valence-electron chi connectivity index (χ0n) is 9.48. The zero-order chi connectivity index (χ0) is 12.7. The normalized spacial score (nSPS) is 10.9. The van der Waals surface area contributed by atoms with Gasteiger partial charge in [-0.3, -0.25) is 4.68 Å². The van der Waals surface area contributed by atoms with E-state index >= 15 is 0 Å². The summed E-state index contributed by atoms with van der Waals surface area (Å²) in [5, 5.41) is 17.1. The van der Waals surface area contributed by atoms with Gasteiger partial charge in [0.1, 0.15) is 5.56 Å². The van der Waals surface area contributed by atoms with E-state index < -0.39 is 5.97 Å². The summed E-state index contributed by atoms with van der Waals surface area (Å²) in [6.07, 6.45) is 6.30. The second-order valence-corrected chi connectivity index (χ2v) is 3.81. The van der Waals surface area contributed by atoms with Crippen LogP contribution < -0.4 is 0 Å². The molecule has 0 saturated heterocycles. The highest BCUT2D eigenvalue weighted by atomic mass is 16.4. The highest BCUT2D eigenvalue weighted by Crippen LogP contribution is 2.22. The lowest BCUT2D eigenvalue weighted by atomic mass is 10.1. The van der Waals surface area contributed by atoms with Gasteiger partial charge < -0.3 is 5.11 Å². The Bertz CT molecular complexity index is 743. The van der Waals surface area contributed by atoms with Crippen molar-refractivity contribution in [2.45, 2.75) is 0 Å². The molecule has 0 fully saturated rings. The number of carboxylic acids is 1. The first-order valence-electron chi connectivity index (χ1n) is 5.22. The molecule has 0 spiro atoms. The molecule has 1 N–H and O–H groups in total. The van der Waals surface area contributed by atoms with Gasteiger partial charge in [-0.1, -0.05) is 0 Å². The molecule has 0 aliphatic heterocycles. The molecule has 18 heavy (non-hydrogen) atoms. The number of carboxylic acid groups (broad SMARTS) is 1. The fourth-order valence-corrected chi connectivity index (χ4v) is 1.87. The number of aromatic carboxylic acids is 1. The molecule has 0 aromatic carbocycles. The van der Waals surface area contributed by atoms with Gasteiger partial charge >= 0.3 is 5.97 Å². The lowest BCUT2D eigenvalue weighted by molar-refractivity contribution is 0.0697. The van der Waals surface area contributed by atoms with Crippen LogP contribution in [0.25, 0.3) is 16.9 Å². The van der Waals surface area contributed by atoms with E-state index in [1.165, 1.54) is 10.9 Å². The number of hydrogen-bond acceptors (Lipinski definition) is 4. The molecule has 0 amide bonds. The topological polar surface area (TPSA) is 85.3 Å². The van der Waals surface area contributed by atoms with E-state index in [9.17, 15) is 4.79 Å². The van der Waals surface area contributed by atoms with Gasteiger partial charge in [0.15, 0.2) is 5.65 Å². The first-order valence-corrected chi connectivity index (χ1v) is 5.22. The third-order valence-electron chi connectivity index (χ3n) is 2.69. The maximum atomic E-state index is 11.1. The SMILES string of the molecule is Cn1ncc(C(=O)O)c1-c1cnc2ccnn2c1. The molecule has 3 aromatic heterocycles. The number of nitrogens with zero attached hydrogens (tertiary/aromatic N) is 5. The molecule has 3 aromatic rings. The summed E-state index contributed by atoms with van der Waals surface area (Å²) < 4.78 is 3.10. The van der Waals surface area contributed by atoms with E-state index in [1.54, 1.807) is 36.2 Å². The summed E-state index contributed by atoms with van der Waals surface area (Å²) in [5.41, 5.74) is 2.01. The summed E-state index contributed by atoms with van der Waals surface area (Å²) in [6, 6.07) is 1.77. The standard InChI is InChI=1S/C11H9N5O2/c1-15-10(8(5-14-15)11(17)18)7-4-12-9-2-3-13-16(9)6-7/h2-6H,1H3,(H,17,18). The van der Waals surface area contributed by atoms with E-state index in [0.717, 1.165) is 0 Å². The fraction of sp³-hybridized carbons (Fsp3) is 0.0909. The van der Waals surface area contributed by atoms with Crippen molar-refractivity contribution >= 4 is 11.6 Å². The van der Waals surface area contributed by atoms with Crippen LogP contribution in [0.3, 0.4) is 0 Å². The maximum absolute atomic E-state index is 11.1. The second kappa shape index (κ2) is 3.66. The minimum Gasteiger partial charge on any atom is -0.478 e. The molecule has 0 unspecified atom stereocenters. The molecule has 7 heteroatoms. The van der Waals surface area contributed by atoms with Gasteiger partial charge in [-0.2, -0.15) is 10.2 Å². The second-order valence-electron chi connectivity index (χ2n) is 3.81. The largest absolute Gasteiger partial charge is 0.478 e. The average Bonchev–Trinajstić information content (AvgIpc) is 2.93. The smallest absolute Gasteiger partial charge is 0.339 e. The van der Waals surface area contributed by atoms with Crippen LogP contribution in [0.15, 0.2) is 30.9 Å². The Labute approximate surface area is 101 Å². The van der Waals surface area contributed by atoms with Crippen molar-refractivity contribution in [2.75, 3.05) is 0 Å². The van der Waals surface area contributed by atoms with Crippen molar-refractivity contribution in [1.29, 1.82) is 0 Å². The van der Waals surface area contributed by atoms with E-state index in [2.05, 4.69) is 15.2 Å². The highest BCUT2D eigenvalue weighted by Gasteiger charge is 2.17. The number of fused-ring (bicyclic) bond motifs is 1. The average molecular weight is 243 g/mol. The van der Waals surface area contributed by atoms with Gasteiger partial charge in [-0.25, -0.2) is 14.3 Å². The van der Waals surface area contributed by atoms with E-state index in [-0.39, 0.29) is 5.56 Å². The predicted octanol–water partition coefficient (Wildman–Crippen LogP) is 0.828. The molecule has 3 rings (SSSR count). The molecule has 3 heterocycles. The summed E-state index contributed by atoms with van der Waals surface area (Å²) >= 11 is 0. The van der Waals surface area contributed by atoms with Gasteiger partial charge in [-0.05, 0) is 0 Å². The van der Waals surface area contributed by atoms with Crippen molar-refractivity contribution in [3.05, 3.63) is 36.4 Å². The van der Waals surface area contributed by atoms with Crippen molar-refractivity contribution in [3.63, 3.8) is 0 Å². The summed E-state index contributed by atoms with van der Waals surface area (Å²) in [5.74, 6) is -1.02. The maximum Gasteiger partial charge on any atom is 0.339 e. The van der Waals surface area contributed by atoms with Gasteiger partial charge in [0, 0.05) is 31.1 Å². The van der Waals surface area contributed by atoms with Gasteiger partial charge in [0.2, 0.25) is 0 Å². The highest BCUT2D eigenvalue weighted by molar-refractivity contribution is 5.94. The molecule has 0 aliphatic carbocycles. The lowest BCUT2D eigenvalue weighted by Crippen LogP contribution is -2.02. The van der Waals surface area contributed by atoms with Gasteiger partial charge in [0.05, 0.1) is 18.1 Å². The van der Waals surface area contributed by atoms with Crippen LogP contribution in [0.5, 0.6) is 0 Å². The predicted molar refractivity (Wildman–Crippen MR) is 62.1 cm³/mol. The first kappa shape index (κ1) is 10.5. The zero-order valence-corrected chi connectivity index (χ0v) is 9.48. The third kappa shape index (κ3) is 1.45. The number of aromatic nitrogens is 5. The van der Waals surface area contributed by atoms with Crippen LogP contribution >= 0.6 is 0 Å². The third-order valence-corrected chi connectivity index (χ3v) is 2.69. The minimum absolute atomic E-state index is 0.144. The number of aryl methyl sites for hydroxylation is 1. The first-order chi connectivity index (χ1) is 8.66. The Balaban J connectivity index is 2.24. The van der Waals surface area contributed by atoms with Crippen LogP contribution in [-0.2, 0) is 7.05 Å². The molecule has 0 aliphatic rings. The van der Waals surface area contributed by atoms with Crippen molar-refractivity contribution < 1.29 is 9.90 Å². The fourth-order valence-electron chi connectivity index (χ4n) is 1.87. The lowest BCUT2D eigenvalue weighted by Gasteiger charge is -2.04. The Morgan fingerprint density at radius 2 is 2.17 bits per heavy atom. The van der Waals surface area contributed by atoms with Gasteiger partial charge in [-0.15, -0.1) is 0 Å². The Morgan fingerprint density at radius 3 is 2.94 bits per heavy atom. The minimum atomic E-state index is -1.02. The van der Waals surface area contributed by atoms with Crippen molar-refractivity contribution in [2.24, 2.45) is 7.05 Å². The number of carbonyl (C=O) groups is 1. The Morgan fingerprint density at radius 1 is 1.33 bits per heavy atom. The molecular formula is C11H9N5O2. The van der Waals surface area contributed by atoms with Gasteiger partial charge in [0.25, 0.3) is 0 Å². The molecular weight excluding hydrogens is 234 g/mol. The van der Waals surface area contributed by atoms with E-state index in [4.69, 9.17) is 5.11 Å². The molecule has 0 radical (unpaired) electrons. The summed E-state index contributed by atoms with van der Waals surface area (Å²) in [6.45, 7) is 0. The van der Waals surface area contributed by atoms with Crippen LogP contribution in [0.1, 0.15) is 10.4 Å². The Hall–Kier alpha value is -2.70. The quantitative estimate of drug-likeness (QED) is 0.720. The molecule has 90 valence electrons. The molecule has 0 saturated carbocycles. The number of rotatable bonds is 2. The molecule has 0 bridgehead atoms.